The smallest absolute Gasteiger partial charge is 0.265 e. The topological polar surface area (TPSA) is 67.4 Å². The van der Waals surface area contributed by atoms with E-state index in [0.717, 1.165) is 0 Å². The fraction of sp³-hybridized carbons (Fsp3) is 0.222. The van der Waals surface area contributed by atoms with Gasteiger partial charge >= 0.3 is 0 Å². The molecule has 1 atom stereocenters. The maximum absolute atomic E-state index is 12.1. The lowest BCUT2D eigenvalue weighted by molar-refractivity contribution is -0.122. The fourth-order valence-electron chi connectivity index (χ4n) is 1.89. The first-order valence-electron chi connectivity index (χ1n) is 7.51. The Bertz CT molecular complexity index is 654. The Morgan fingerprint density at radius 3 is 2.09 bits per heavy atom. The SMILES string of the molecule is CCC(=O)Nc1ccc(NC(=O)[C@H](C)Oc2ccccc2)cc1. The summed E-state index contributed by atoms with van der Waals surface area (Å²) in [4.78, 5) is 23.4. The molecule has 0 heterocycles. The maximum atomic E-state index is 12.1. The van der Waals surface area contributed by atoms with Crippen molar-refractivity contribution in [2.75, 3.05) is 10.6 Å². The standard InChI is InChI=1S/C18H20N2O3/c1-3-17(21)19-14-9-11-15(12-10-14)20-18(22)13(2)23-16-7-5-4-6-8-16/h4-13H,3H2,1-2H3,(H,19,21)(H,20,22)/t13-/m0/s1. The zero-order chi connectivity index (χ0) is 16.7. The van der Waals surface area contributed by atoms with Crippen LogP contribution < -0.4 is 15.4 Å². The van der Waals surface area contributed by atoms with Crippen LogP contribution in [0.3, 0.4) is 0 Å². The van der Waals surface area contributed by atoms with E-state index in [1.165, 1.54) is 0 Å². The Hall–Kier alpha value is -2.82. The van der Waals surface area contributed by atoms with Gasteiger partial charge in [0, 0.05) is 17.8 Å². The number of amides is 2. The number of carbonyl (C=O) groups is 2. The van der Waals surface area contributed by atoms with E-state index in [2.05, 4.69) is 10.6 Å². The summed E-state index contributed by atoms with van der Waals surface area (Å²) in [5.74, 6) is 0.360. The number of carbonyl (C=O) groups excluding carboxylic acids is 2. The number of hydrogen-bond acceptors (Lipinski definition) is 3. The highest BCUT2D eigenvalue weighted by atomic mass is 16.5. The zero-order valence-corrected chi connectivity index (χ0v) is 13.2. The summed E-state index contributed by atoms with van der Waals surface area (Å²) in [5, 5.41) is 5.53. The molecule has 0 saturated heterocycles. The molecule has 0 aliphatic rings. The summed E-state index contributed by atoms with van der Waals surface area (Å²) in [5.41, 5.74) is 1.34. The van der Waals surface area contributed by atoms with Crippen molar-refractivity contribution in [3.8, 4) is 5.75 Å². The lowest BCUT2D eigenvalue weighted by Crippen LogP contribution is -2.30. The molecule has 5 heteroatoms. The number of anilines is 2. The summed E-state index contributed by atoms with van der Waals surface area (Å²) < 4.78 is 5.57. The third kappa shape index (κ3) is 5.14. The maximum Gasteiger partial charge on any atom is 0.265 e. The minimum Gasteiger partial charge on any atom is -0.481 e. The number of rotatable bonds is 6. The summed E-state index contributed by atoms with van der Waals surface area (Å²) in [7, 11) is 0. The molecule has 2 amide bonds. The number of ether oxygens (including phenoxy) is 1. The van der Waals surface area contributed by atoms with Gasteiger partial charge in [-0.05, 0) is 43.3 Å². The van der Waals surface area contributed by atoms with E-state index in [9.17, 15) is 9.59 Å². The Morgan fingerprint density at radius 2 is 1.52 bits per heavy atom. The van der Waals surface area contributed by atoms with Crippen molar-refractivity contribution in [3.63, 3.8) is 0 Å². The average molecular weight is 312 g/mol. The van der Waals surface area contributed by atoms with Gasteiger partial charge < -0.3 is 15.4 Å². The molecule has 0 bridgehead atoms. The Balaban J connectivity index is 1.90. The van der Waals surface area contributed by atoms with Crippen molar-refractivity contribution < 1.29 is 14.3 Å². The Labute approximate surface area is 135 Å². The van der Waals surface area contributed by atoms with Crippen LogP contribution in [0, 0.1) is 0 Å². The highest BCUT2D eigenvalue weighted by Crippen LogP contribution is 2.15. The first-order valence-corrected chi connectivity index (χ1v) is 7.51. The monoisotopic (exact) mass is 312 g/mol. The molecular weight excluding hydrogens is 292 g/mol. The number of nitrogens with one attached hydrogen (secondary N) is 2. The van der Waals surface area contributed by atoms with E-state index >= 15 is 0 Å². The third-order valence-corrected chi connectivity index (χ3v) is 3.18. The van der Waals surface area contributed by atoms with Crippen molar-refractivity contribution in [1.29, 1.82) is 0 Å². The minimum absolute atomic E-state index is 0.0494. The molecule has 0 spiro atoms. The fourth-order valence-corrected chi connectivity index (χ4v) is 1.89. The Kier molecular flexibility index (Phi) is 5.74. The second-order valence-corrected chi connectivity index (χ2v) is 5.04. The van der Waals surface area contributed by atoms with Crippen molar-refractivity contribution in [2.45, 2.75) is 26.4 Å². The van der Waals surface area contributed by atoms with Gasteiger partial charge in [-0.2, -0.15) is 0 Å². The molecule has 5 nitrogen and oxygen atoms in total. The second kappa shape index (κ2) is 7.98. The van der Waals surface area contributed by atoms with Crippen LogP contribution in [0.2, 0.25) is 0 Å². The van der Waals surface area contributed by atoms with Crippen LogP contribution in [0.4, 0.5) is 11.4 Å². The molecule has 2 rings (SSSR count). The van der Waals surface area contributed by atoms with Gasteiger partial charge in [0.15, 0.2) is 6.10 Å². The third-order valence-electron chi connectivity index (χ3n) is 3.18. The van der Waals surface area contributed by atoms with Crippen LogP contribution in [0.5, 0.6) is 5.75 Å². The van der Waals surface area contributed by atoms with E-state index in [-0.39, 0.29) is 11.8 Å². The van der Waals surface area contributed by atoms with Crippen LogP contribution in [0.1, 0.15) is 20.3 Å². The molecule has 0 fully saturated rings. The van der Waals surface area contributed by atoms with Gasteiger partial charge in [-0.3, -0.25) is 9.59 Å². The van der Waals surface area contributed by atoms with E-state index in [1.54, 1.807) is 50.2 Å². The zero-order valence-electron chi connectivity index (χ0n) is 13.2. The van der Waals surface area contributed by atoms with Crippen LogP contribution >= 0.6 is 0 Å². The van der Waals surface area contributed by atoms with E-state index < -0.39 is 6.10 Å². The first-order chi connectivity index (χ1) is 11.1. The molecule has 0 radical (unpaired) electrons. The predicted octanol–water partition coefficient (Wildman–Crippen LogP) is 3.44. The molecule has 2 aromatic carbocycles. The summed E-state index contributed by atoms with van der Waals surface area (Å²) in [6.45, 7) is 3.48. The molecule has 0 saturated carbocycles. The van der Waals surface area contributed by atoms with Gasteiger partial charge in [0.05, 0.1) is 0 Å². The molecule has 0 unspecified atom stereocenters. The van der Waals surface area contributed by atoms with Crippen LogP contribution in [0.25, 0.3) is 0 Å². The summed E-state index contributed by atoms with van der Waals surface area (Å²) in [6, 6.07) is 16.1. The van der Waals surface area contributed by atoms with Gasteiger partial charge in [0.1, 0.15) is 5.75 Å². The van der Waals surface area contributed by atoms with Gasteiger partial charge in [-0.25, -0.2) is 0 Å². The van der Waals surface area contributed by atoms with E-state index in [0.29, 0.717) is 23.5 Å². The number of para-hydroxylation sites is 1. The van der Waals surface area contributed by atoms with Crippen molar-refractivity contribution in [3.05, 3.63) is 54.6 Å². The first kappa shape index (κ1) is 16.5. The molecule has 0 aliphatic heterocycles. The van der Waals surface area contributed by atoms with Gasteiger partial charge in [0.25, 0.3) is 5.91 Å². The van der Waals surface area contributed by atoms with Crippen molar-refractivity contribution in [2.24, 2.45) is 0 Å². The van der Waals surface area contributed by atoms with Crippen LogP contribution in [0.15, 0.2) is 54.6 Å². The van der Waals surface area contributed by atoms with Crippen molar-refractivity contribution >= 4 is 23.2 Å². The molecule has 2 N–H and O–H groups in total. The summed E-state index contributed by atoms with van der Waals surface area (Å²) >= 11 is 0. The molecule has 23 heavy (non-hydrogen) atoms. The Morgan fingerprint density at radius 1 is 0.957 bits per heavy atom. The lowest BCUT2D eigenvalue weighted by atomic mass is 10.2. The normalized spacial score (nSPS) is 11.4. The predicted molar refractivity (Wildman–Crippen MR) is 90.5 cm³/mol. The average Bonchev–Trinajstić information content (AvgIpc) is 2.57. The molecule has 2 aromatic rings. The second-order valence-electron chi connectivity index (χ2n) is 5.04. The van der Waals surface area contributed by atoms with Gasteiger partial charge in [-0.15, -0.1) is 0 Å². The molecule has 120 valence electrons. The largest absolute Gasteiger partial charge is 0.481 e. The lowest BCUT2D eigenvalue weighted by Gasteiger charge is -2.15. The van der Waals surface area contributed by atoms with Gasteiger partial charge in [-0.1, -0.05) is 25.1 Å². The molecule has 0 aliphatic carbocycles. The van der Waals surface area contributed by atoms with E-state index in [4.69, 9.17) is 4.74 Å². The highest BCUT2D eigenvalue weighted by molar-refractivity contribution is 5.95. The van der Waals surface area contributed by atoms with E-state index in [1.807, 2.05) is 18.2 Å². The number of hydrogen-bond donors (Lipinski definition) is 2. The molecule has 0 aromatic heterocycles. The minimum atomic E-state index is -0.614. The highest BCUT2D eigenvalue weighted by Gasteiger charge is 2.14. The van der Waals surface area contributed by atoms with Crippen LogP contribution in [-0.4, -0.2) is 17.9 Å². The van der Waals surface area contributed by atoms with Crippen molar-refractivity contribution in [1.82, 2.24) is 0 Å². The van der Waals surface area contributed by atoms with Crippen LogP contribution in [-0.2, 0) is 9.59 Å². The molecular formula is C18H20N2O3. The quantitative estimate of drug-likeness (QED) is 0.858. The summed E-state index contributed by atoms with van der Waals surface area (Å²) in [6.07, 6.45) is -0.191. The van der Waals surface area contributed by atoms with Gasteiger partial charge in [0.2, 0.25) is 5.91 Å². The number of benzene rings is 2.